The van der Waals surface area contributed by atoms with Gasteiger partial charge < -0.3 is 10.1 Å². The first kappa shape index (κ1) is 15.9. The molecule has 3 nitrogen and oxygen atoms in total. The minimum Gasteiger partial charge on any atom is -0.481 e. The lowest BCUT2D eigenvalue weighted by Gasteiger charge is -2.09. The van der Waals surface area contributed by atoms with Crippen LogP contribution in [0.1, 0.15) is 11.1 Å². The molecule has 22 heavy (non-hydrogen) atoms. The number of benzene rings is 2. The second kappa shape index (κ2) is 6.98. The Labute approximate surface area is 125 Å². The van der Waals surface area contributed by atoms with Crippen LogP contribution >= 0.6 is 0 Å². The number of carbonyl (C=O) groups is 1. The molecular weight excluding hydrogens is 295 g/mol. The fourth-order valence-electron chi connectivity index (χ4n) is 1.73. The molecule has 0 spiro atoms. The summed E-state index contributed by atoms with van der Waals surface area (Å²) in [4.78, 5) is 11.6. The molecule has 116 valence electrons. The first-order valence-electron chi connectivity index (χ1n) is 6.55. The third-order valence-electron chi connectivity index (χ3n) is 2.98. The molecule has 0 saturated carbocycles. The molecule has 1 amide bonds. The number of carbonyl (C=O) groups excluding carboxylic acids is 1. The molecule has 0 saturated heterocycles. The molecule has 0 radical (unpaired) electrons. The molecule has 0 aliphatic carbocycles. The Morgan fingerprint density at radius 2 is 1.86 bits per heavy atom. The van der Waals surface area contributed by atoms with E-state index in [0.717, 1.165) is 12.1 Å². The number of hydrogen-bond acceptors (Lipinski definition) is 2. The Bertz CT molecular complexity index is 689. The van der Waals surface area contributed by atoms with Crippen LogP contribution in [0.15, 0.2) is 36.4 Å². The summed E-state index contributed by atoms with van der Waals surface area (Å²) in [6.07, 6.45) is 0. The van der Waals surface area contributed by atoms with Crippen molar-refractivity contribution in [2.24, 2.45) is 0 Å². The quantitative estimate of drug-likeness (QED) is 0.921. The number of rotatable bonds is 5. The molecule has 0 unspecified atom stereocenters. The van der Waals surface area contributed by atoms with E-state index < -0.39 is 24.1 Å². The molecule has 0 aliphatic rings. The maximum absolute atomic E-state index is 13.3. The van der Waals surface area contributed by atoms with Gasteiger partial charge in [-0.05, 0) is 36.2 Å². The first-order chi connectivity index (χ1) is 10.5. The zero-order chi connectivity index (χ0) is 16.1. The van der Waals surface area contributed by atoms with Gasteiger partial charge in [0.2, 0.25) is 0 Å². The minimum atomic E-state index is -0.881. The average molecular weight is 309 g/mol. The van der Waals surface area contributed by atoms with Crippen molar-refractivity contribution in [3.05, 3.63) is 65.0 Å². The van der Waals surface area contributed by atoms with E-state index in [-0.39, 0.29) is 18.1 Å². The predicted octanol–water partition coefficient (Wildman–Crippen LogP) is 3.11. The SMILES string of the molecule is Cc1ccc(CNC(=O)COc2ccc(F)cc2F)cc1F. The maximum atomic E-state index is 13.3. The summed E-state index contributed by atoms with van der Waals surface area (Å²) in [7, 11) is 0. The summed E-state index contributed by atoms with van der Waals surface area (Å²) in [6.45, 7) is 1.35. The van der Waals surface area contributed by atoms with Gasteiger partial charge in [0.25, 0.3) is 5.91 Å². The van der Waals surface area contributed by atoms with Crippen molar-refractivity contribution >= 4 is 5.91 Å². The standard InChI is InChI=1S/C16H14F3NO2/c1-10-2-3-11(6-13(10)18)8-20-16(21)9-22-15-5-4-12(17)7-14(15)19/h2-7H,8-9H2,1H3,(H,20,21). The van der Waals surface area contributed by atoms with Crippen LogP contribution in [0.3, 0.4) is 0 Å². The Kier molecular flexibility index (Phi) is 5.04. The largest absolute Gasteiger partial charge is 0.481 e. The Morgan fingerprint density at radius 1 is 1.09 bits per heavy atom. The second-order valence-electron chi connectivity index (χ2n) is 4.72. The second-order valence-corrected chi connectivity index (χ2v) is 4.72. The minimum absolute atomic E-state index is 0.130. The van der Waals surface area contributed by atoms with Gasteiger partial charge in [-0.25, -0.2) is 13.2 Å². The van der Waals surface area contributed by atoms with E-state index >= 15 is 0 Å². The van der Waals surface area contributed by atoms with E-state index in [0.29, 0.717) is 17.2 Å². The van der Waals surface area contributed by atoms with Gasteiger partial charge in [-0.2, -0.15) is 0 Å². The van der Waals surface area contributed by atoms with Crippen molar-refractivity contribution in [3.8, 4) is 5.75 Å². The van der Waals surface area contributed by atoms with Gasteiger partial charge in [-0.1, -0.05) is 12.1 Å². The molecule has 0 bridgehead atoms. The number of halogens is 3. The highest BCUT2D eigenvalue weighted by atomic mass is 19.1. The molecule has 0 fully saturated rings. The van der Waals surface area contributed by atoms with Crippen LogP contribution < -0.4 is 10.1 Å². The molecule has 0 atom stereocenters. The van der Waals surface area contributed by atoms with Crippen LogP contribution in [-0.4, -0.2) is 12.5 Å². The van der Waals surface area contributed by atoms with Gasteiger partial charge >= 0.3 is 0 Å². The Morgan fingerprint density at radius 3 is 2.55 bits per heavy atom. The maximum Gasteiger partial charge on any atom is 0.258 e. The predicted molar refractivity (Wildman–Crippen MR) is 74.8 cm³/mol. The highest BCUT2D eigenvalue weighted by Gasteiger charge is 2.08. The molecular formula is C16H14F3NO2. The van der Waals surface area contributed by atoms with Crippen LogP contribution in [0, 0.1) is 24.4 Å². The summed E-state index contributed by atoms with van der Waals surface area (Å²) in [6, 6.07) is 7.44. The molecule has 0 heterocycles. The monoisotopic (exact) mass is 309 g/mol. The third-order valence-corrected chi connectivity index (χ3v) is 2.98. The Balaban J connectivity index is 1.84. The first-order valence-corrected chi connectivity index (χ1v) is 6.55. The van der Waals surface area contributed by atoms with Crippen molar-refractivity contribution < 1.29 is 22.7 Å². The smallest absolute Gasteiger partial charge is 0.258 e. The summed E-state index contributed by atoms with van der Waals surface area (Å²) in [5.41, 5.74) is 1.12. The molecule has 0 aromatic heterocycles. The van der Waals surface area contributed by atoms with Crippen molar-refractivity contribution in [1.82, 2.24) is 5.32 Å². The third kappa shape index (κ3) is 4.25. The van der Waals surface area contributed by atoms with Crippen LogP contribution in [-0.2, 0) is 11.3 Å². The number of nitrogens with one attached hydrogen (secondary N) is 1. The van der Waals surface area contributed by atoms with E-state index in [1.165, 1.54) is 6.07 Å². The summed E-state index contributed by atoms with van der Waals surface area (Å²) in [5.74, 6) is -2.66. The molecule has 2 aromatic rings. The topological polar surface area (TPSA) is 38.3 Å². The van der Waals surface area contributed by atoms with E-state index in [9.17, 15) is 18.0 Å². The lowest BCUT2D eigenvalue weighted by molar-refractivity contribution is -0.123. The van der Waals surface area contributed by atoms with Crippen molar-refractivity contribution in [2.75, 3.05) is 6.61 Å². The molecule has 1 N–H and O–H groups in total. The zero-order valence-electron chi connectivity index (χ0n) is 11.8. The fourth-order valence-corrected chi connectivity index (χ4v) is 1.73. The van der Waals surface area contributed by atoms with Crippen molar-refractivity contribution in [3.63, 3.8) is 0 Å². The molecule has 2 aromatic carbocycles. The number of ether oxygens (including phenoxy) is 1. The van der Waals surface area contributed by atoms with Crippen LogP contribution in [0.5, 0.6) is 5.75 Å². The number of hydrogen-bond donors (Lipinski definition) is 1. The lowest BCUT2D eigenvalue weighted by atomic mass is 10.1. The van der Waals surface area contributed by atoms with Crippen LogP contribution in [0.25, 0.3) is 0 Å². The van der Waals surface area contributed by atoms with E-state index in [2.05, 4.69) is 5.32 Å². The normalized spacial score (nSPS) is 10.4. The van der Waals surface area contributed by atoms with Gasteiger partial charge in [0.15, 0.2) is 18.2 Å². The van der Waals surface area contributed by atoms with Gasteiger partial charge in [0, 0.05) is 12.6 Å². The van der Waals surface area contributed by atoms with Crippen LogP contribution in [0.4, 0.5) is 13.2 Å². The zero-order valence-corrected chi connectivity index (χ0v) is 11.8. The Hall–Kier alpha value is -2.50. The molecule has 0 aliphatic heterocycles. The van der Waals surface area contributed by atoms with Gasteiger partial charge in [-0.3, -0.25) is 4.79 Å². The van der Waals surface area contributed by atoms with E-state index in [4.69, 9.17) is 4.74 Å². The average Bonchev–Trinajstić information content (AvgIpc) is 2.47. The summed E-state index contributed by atoms with van der Waals surface area (Å²) < 4.78 is 44.3. The number of amides is 1. The summed E-state index contributed by atoms with van der Waals surface area (Å²) >= 11 is 0. The highest BCUT2D eigenvalue weighted by molar-refractivity contribution is 5.77. The highest BCUT2D eigenvalue weighted by Crippen LogP contribution is 2.17. The van der Waals surface area contributed by atoms with Gasteiger partial charge in [-0.15, -0.1) is 0 Å². The summed E-state index contributed by atoms with van der Waals surface area (Å²) in [5, 5.41) is 2.52. The van der Waals surface area contributed by atoms with Crippen molar-refractivity contribution in [1.29, 1.82) is 0 Å². The molecule has 2 rings (SSSR count). The fraction of sp³-hybridized carbons (Fsp3) is 0.188. The lowest BCUT2D eigenvalue weighted by Crippen LogP contribution is -2.28. The van der Waals surface area contributed by atoms with E-state index in [1.807, 2.05) is 0 Å². The van der Waals surface area contributed by atoms with Crippen molar-refractivity contribution in [2.45, 2.75) is 13.5 Å². The number of aryl methyl sites for hydroxylation is 1. The molecule has 6 heteroatoms. The van der Waals surface area contributed by atoms with Crippen LogP contribution in [0.2, 0.25) is 0 Å². The van der Waals surface area contributed by atoms with Gasteiger partial charge in [0.1, 0.15) is 11.6 Å². The van der Waals surface area contributed by atoms with E-state index in [1.54, 1.807) is 19.1 Å². The van der Waals surface area contributed by atoms with Gasteiger partial charge in [0.05, 0.1) is 0 Å².